The minimum absolute atomic E-state index is 0.0471. The Bertz CT molecular complexity index is 1390. The second-order valence-electron chi connectivity index (χ2n) is 9.64. The number of halogens is 1. The zero-order chi connectivity index (χ0) is 27.1. The summed E-state index contributed by atoms with van der Waals surface area (Å²) in [6.45, 7) is 5.47. The molecule has 2 aliphatic rings. The van der Waals surface area contributed by atoms with E-state index in [9.17, 15) is 18.0 Å². The van der Waals surface area contributed by atoms with E-state index in [1.54, 1.807) is 13.0 Å². The van der Waals surface area contributed by atoms with Crippen molar-refractivity contribution in [3.05, 3.63) is 49.9 Å². The predicted octanol–water partition coefficient (Wildman–Crippen LogP) is 3.89. The first-order chi connectivity index (χ1) is 17.4. The zero-order valence-electron chi connectivity index (χ0n) is 21.5. The second kappa shape index (κ2) is 10.5. The Balaban J connectivity index is 1.51. The van der Waals surface area contributed by atoms with Crippen LogP contribution in [-0.2, 0) is 16.6 Å². The molecule has 202 valence electrons. The summed E-state index contributed by atoms with van der Waals surface area (Å²) in [5.74, 6) is -0.674. The highest BCUT2D eigenvalue weighted by molar-refractivity contribution is 7.98. The fraction of sp³-hybridized carbons (Fsp3) is 0.520. The van der Waals surface area contributed by atoms with E-state index in [0.29, 0.717) is 53.9 Å². The minimum Gasteiger partial charge on any atom is -0.448 e. The van der Waals surface area contributed by atoms with Gasteiger partial charge < -0.3 is 19.8 Å². The van der Waals surface area contributed by atoms with E-state index in [1.165, 1.54) is 18.8 Å². The number of hydrogen-bond donors (Lipinski definition) is 3. The Kier molecular flexibility index (Phi) is 7.90. The number of fused-ring (bicyclic) bond motifs is 1. The SMILES string of the molecule is CNS(=O)(=O)C1CCC([C@@]2(C)Oc3c(Cl)cc(C(=O)NCc4c(SC)cc(C)[nH]c4=O)c(C)c3O2)CC1. The van der Waals surface area contributed by atoms with Crippen molar-refractivity contribution in [3.8, 4) is 11.5 Å². The van der Waals surface area contributed by atoms with Gasteiger partial charge in [-0.2, -0.15) is 0 Å². The van der Waals surface area contributed by atoms with Crippen LogP contribution in [0.4, 0.5) is 0 Å². The van der Waals surface area contributed by atoms with Crippen LogP contribution in [0.2, 0.25) is 5.02 Å². The summed E-state index contributed by atoms with van der Waals surface area (Å²) in [4.78, 5) is 29.2. The molecule has 1 amide bonds. The monoisotopic (exact) mass is 569 g/mol. The lowest BCUT2D eigenvalue weighted by molar-refractivity contribution is -0.119. The molecule has 1 saturated carbocycles. The van der Waals surface area contributed by atoms with Gasteiger partial charge in [-0.25, -0.2) is 13.1 Å². The van der Waals surface area contributed by atoms with Crippen LogP contribution in [0.25, 0.3) is 0 Å². The summed E-state index contributed by atoms with van der Waals surface area (Å²) >= 11 is 7.98. The number of sulfonamides is 1. The molecule has 2 heterocycles. The van der Waals surface area contributed by atoms with Crippen LogP contribution in [0, 0.1) is 19.8 Å². The van der Waals surface area contributed by atoms with Gasteiger partial charge in [0.2, 0.25) is 10.0 Å². The van der Waals surface area contributed by atoms with Gasteiger partial charge in [0.1, 0.15) is 0 Å². The molecule has 9 nitrogen and oxygen atoms in total. The standard InChI is InChI=1S/C25H32ClN3O6S2/c1-13-10-20(36-5)18(24(31)29-13)12-28-23(30)17-11-19(26)22-21(14(17)2)34-25(3,35-22)15-6-8-16(9-7-15)37(32,33)27-4/h10-11,15-16,27H,6-9,12H2,1-5H3,(H,28,30)(H,29,31)/t15?,16?,25-/m1/s1. The lowest BCUT2D eigenvalue weighted by atomic mass is 9.83. The smallest absolute Gasteiger partial charge is 0.254 e. The topological polar surface area (TPSA) is 127 Å². The Labute approximate surface area is 226 Å². The van der Waals surface area contributed by atoms with Crippen molar-refractivity contribution in [3.63, 3.8) is 0 Å². The van der Waals surface area contributed by atoms with E-state index < -0.39 is 21.1 Å². The van der Waals surface area contributed by atoms with Gasteiger partial charge in [0.25, 0.3) is 17.3 Å². The number of carbonyl (C=O) groups excluding carboxylic acids is 1. The summed E-state index contributed by atoms with van der Waals surface area (Å²) in [6.07, 6.45) is 4.11. The summed E-state index contributed by atoms with van der Waals surface area (Å²) in [5.41, 5.74) is 1.91. The van der Waals surface area contributed by atoms with Gasteiger partial charge in [-0.05, 0) is 65.0 Å². The Hall–Kier alpha value is -2.21. The number of ether oxygens (including phenoxy) is 2. The molecule has 1 atom stereocenters. The molecule has 1 aliphatic heterocycles. The molecule has 0 bridgehead atoms. The number of rotatable bonds is 7. The lowest BCUT2D eigenvalue weighted by Gasteiger charge is -2.36. The van der Waals surface area contributed by atoms with Gasteiger partial charge in [-0.15, -0.1) is 11.8 Å². The third-order valence-corrected chi connectivity index (χ3v) is 10.3. The molecular formula is C25H32ClN3O6S2. The van der Waals surface area contributed by atoms with E-state index in [4.69, 9.17) is 21.1 Å². The molecular weight excluding hydrogens is 538 g/mol. The maximum absolute atomic E-state index is 13.1. The number of thioether (sulfide) groups is 1. The number of aryl methyl sites for hydroxylation is 1. The highest BCUT2D eigenvalue weighted by Gasteiger charge is 2.48. The highest BCUT2D eigenvalue weighted by Crippen LogP contribution is 2.51. The molecule has 1 aromatic carbocycles. The number of hydrogen-bond acceptors (Lipinski definition) is 7. The number of pyridine rings is 1. The molecule has 37 heavy (non-hydrogen) atoms. The number of benzene rings is 1. The number of H-pyrrole nitrogens is 1. The third-order valence-electron chi connectivity index (χ3n) is 7.31. The molecule has 0 radical (unpaired) electrons. The first-order valence-corrected chi connectivity index (χ1v) is 15.2. The average Bonchev–Trinajstić information content (AvgIpc) is 3.25. The van der Waals surface area contributed by atoms with Crippen molar-refractivity contribution in [1.82, 2.24) is 15.0 Å². The number of aromatic nitrogens is 1. The Morgan fingerprint density at radius 2 is 1.84 bits per heavy atom. The molecule has 1 aromatic heterocycles. The fourth-order valence-corrected chi connectivity index (χ4v) is 7.28. The van der Waals surface area contributed by atoms with Crippen LogP contribution in [0.1, 0.15) is 59.8 Å². The van der Waals surface area contributed by atoms with Crippen LogP contribution < -0.4 is 25.1 Å². The van der Waals surface area contributed by atoms with Crippen LogP contribution in [0.3, 0.4) is 0 Å². The lowest BCUT2D eigenvalue weighted by Crippen LogP contribution is -2.46. The molecule has 0 unspecified atom stereocenters. The molecule has 12 heteroatoms. The van der Waals surface area contributed by atoms with Crippen LogP contribution in [0.15, 0.2) is 21.8 Å². The summed E-state index contributed by atoms with van der Waals surface area (Å²) in [6, 6.07) is 3.42. The zero-order valence-corrected chi connectivity index (χ0v) is 23.9. The van der Waals surface area contributed by atoms with Crippen molar-refractivity contribution >= 4 is 39.3 Å². The van der Waals surface area contributed by atoms with E-state index >= 15 is 0 Å². The van der Waals surface area contributed by atoms with Crippen molar-refractivity contribution in [2.45, 2.75) is 68.9 Å². The van der Waals surface area contributed by atoms with Crippen molar-refractivity contribution < 1.29 is 22.7 Å². The summed E-state index contributed by atoms with van der Waals surface area (Å²) in [7, 11) is -1.89. The summed E-state index contributed by atoms with van der Waals surface area (Å²) < 4.78 is 39.3. The fourth-order valence-electron chi connectivity index (χ4n) is 5.11. The van der Waals surface area contributed by atoms with E-state index in [-0.39, 0.29) is 29.0 Å². The van der Waals surface area contributed by atoms with E-state index in [1.807, 2.05) is 26.2 Å². The maximum Gasteiger partial charge on any atom is 0.254 e. The Morgan fingerprint density at radius 3 is 2.46 bits per heavy atom. The van der Waals surface area contributed by atoms with Gasteiger partial charge in [0, 0.05) is 46.7 Å². The number of nitrogens with one attached hydrogen (secondary N) is 3. The highest BCUT2D eigenvalue weighted by atomic mass is 35.5. The first-order valence-electron chi connectivity index (χ1n) is 12.1. The van der Waals surface area contributed by atoms with Gasteiger partial charge in [-0.3, -0.25) is 9.59 Å². The van der Waals surface area contributed by atoms with Crippen LogP contribution in [-0.4, -0.2) is 43.6 Å². The van der Waals surface area contributed by atoms with E-state index in [0.717, 1.165) is 10.6 Å². The van der Waals surface area contributed by atoms with Crippen LogP contribution >= 0.6 is 23.4 Å². The maximum atomic E-state index is 13.1. The predicted molar refractivity (Wildman–Crippen MR) is 144 cm³/mol. The van der Waals surface area contributed by atoms with Crippen molar-refractivity contribution in [2.75, 3.05) is 13.3 Å². The molecule has 1 aliphatic carbocycles. The quantitative estimate of drug-likeness (QED) is 0.432. The van der Waals surface area contributed by atoms with Gasteiger partial charge in [0.05, 0.1) is 10.3 Å². The molecule has 0 saturated heterocycles. The number of aromatic amines is 1. The number of carbonyl (C=O) groups is 1. The normalized spacial score (nSPS) is 23.2. The van der Waals surface area contributed by atoms with Gasteiger partial charge in [0.15, 0.2) is 11.5 Å². The first kappa shape index (κ1) is 27.8. The molecule has 1 fully saturated rings. The van der Waals surface area contributed by atoms with Crippen LogP contribution in [0.5, 0.6) is 11.5 Å². The van der Waals surface area contributed by atoms with Crippen molar-refractivity contribution in [2.24, 2.45) is 5.92 Å². The van der Waals surface area contributed by atoms with Gasteiger partial charge in [-0.1, -0.05) is 11.6 Å². The second-order valence-corrected chi connectivity index (χ2v) is 13.1. The van der Waals surface area contributed by atoms with Crippen molar-refractivity contribution in [1.29, 1.82) is 0 Å². The molecule has 2 aromatic rings. The summed E-state index contributed by atoms with van der Waals surface area (Å²) in [5, 5.41) is 2.64. The minimum atomic E-state index is -3.33. The molecule has 3 N–H and O–H groups in total. The Morgan fingerprint density at radius 1 is 1.19 bits per heavy atom. The number of amides is 1. The molecule has 0 spiro atoms. The third kappa shape index (κ3) is 5.36. The van der Waals surface area contributed by atoms with E-state index in [2.05, 4.69) is 15.0 Å². The average molecular weight is 570 g/mol. The largest absolute Gasteiger partial charge is 0.448 e. The molecule has 4 rings (SSSR count). The van der Waals surface area contributed by atoms with Gasteiger partial charge >= 0.3 is 0 Å².